The quantitative estimate of drug-likeness (QED) is 0.752. The molecular formula is C17H16ClN3O4S. The number of carbonyl (C=O) groups is 2. The predicted molar refractivity (Wildman–Crippen MR) is 96.9 cm³/mol. The molecule has 7 nitrogen and oxygen atoms in total. The van der Waals surface area contributed by atoms with Gasteiger partial charge in [-0.1, -0.05) is 23.7 Å². The normalized spacial score (nSPS) is 17.6. The summed E-state index contributed by atoms with van der Waals surface area (Å²) in [5.74, 6) is -0.607. The number of hydrogen-bond donors (Lipinski definition) is 2. The molecule has 1 unspecified atom stereocenters. The van der Waals surface area contributed by atoms with Gasteiger partial charge in [0.2, 0.25) is 15.9 Å². The van der Waals surface area contributed by atoms with Gasteiger partial charge in [0.1, 0.15) is 6.04 Å². The fraction of sp³-hybridized carbons (Fsp3) is 0.176. The second kappa shape index (κ2) is 7.06. The number of imide groups is 1. The smallest absolute Gasteiger partial charge is 0.252 e. The minimum Gasteiger partial charge on any atom is -0.373 e. The van der Waals surface area contributed by atoms with Crippen molar-refractivity contribution in [3.05, 3.63) is 59.1 Å². The summed E-state index contributed by atoms with van der Waals surface area (Å²) in [5.41, 5.74) is 1.33. The van der Waals surface area contributed by atoms with E-state index in [9.17, 15) is 18.0 Å². The molecule has 2 aromatic rings. The van der Waals surface area contributed by atoms with Gasteiger partial charge in [-0.3, -0.25) is 14.5 Å². The van der Waals surface area contributed by atoms with Crippen LogP contribution >= 0.6 is 11.6 Å². The lowest BCUT2D eigenvalue weighted by Crippen LogP contribution is -2.34. The van der Waals surface area contributed by atoms with Crippen LogP contribution in [0, 0.1) is 0 Å². The summed E-state index contributed by atoms with van der Waals surface area (Å²) in [5, 5.41) is 8.58. The van der Waals surface area contributed by atoms with Gasteiger partial charge < -0.3 is 5.32 Å². The molecule has 1 fully saturated rings. The molecule has 1 heterocycles. The number of likely N-dealkylation sites (tertiary alicyclic amines) is 1. The van der Waals surface area contributed by atoms with E-state index in [-0.39, 0.29) is 29.7 Å². The molecule has 1 saturated heterocycles. The standard InChI is InChI=1S/C17H16ClN3O4S/c18-12-3-1-11(2-4-12)10-21-16(22)9-15(17(21)23)20-13-5-7-14(8-6-13)26(19,24)25/h1-8,15,20H,9-10H2,(H2,19,24,25). The molecule has 0 bridgehead atoms. The molecule has 0 aromatic heterocycles. The zero-order chi connectivity index (χ0) is 18.9. The van der Waals surface area contributed by atoms with Crippen molar-refractivity contribution in [3.63, 3.8) is 0 Å². The summed E-state index contributed by atoms with van der Waals surface area (Å²) in [6.07, 6.45) is 0.0311. The largest absolute Gasteiger partial charge is 0.373 e. The maximum Gasteiger partial charge on any atom is 0.252 e. The van der Waals surface area contributed by atoms with E-state index < -0.39 is 16.1 Å². The Labute approximate surface area is 155 Å². The lowest BCUT2D eigenvalue weighted by atomic mass is 10.2. The van der Waals surface area contributed by atoms with Crippen molar-refractivity contribution in [3.8, 4) is 0 Å². The molecule has 0 spiro atoms. The average molecular weight is 394 g/mol. The van der Waals surface area contributed by atoms with Crippen LogP contribution in [0.15, 0.2) is 53.4 Å². The highest BCUT2D eigenvalue weighted by Gasteiger charge is 2.38. The Kier molecular flexibility index (Phi) is 4.99. The van der Waals surface area contributed by atoms with Crippen molar-refractivity contribution in [1.82, 2.24) is 4.90 Å². The molecule has 0 aliphatic carbocycles. The predicted octanol–water partition coefficient (Wildman–Crippen LogP) is 1.73. The molecule has 3 N–H and O–H groups in total. The van der Waals surface area contributed by atoms with Crippen molar-refractivity contribution in [2.45, 2.75) is 23.9 Å². The number of nitrogens with two attached hydrogens (primary N) is 1. The number of halogens is 1. The SMILES string of the molecule is NS(=O)(=O)c1ccc(NC2CC(=O)N(Cc3ccc(Cl)cc3)C2=O)cc1. The third kappa shape index (κ3) is 4.04. The first kappa shape index (κ1) is 18.4. The molecule has 1 atom stereocenters. The molecule has 26 heavy (non-hydrogen) atoms. The Morgan fingerprint density at radius 2 is 1.69 bits per heavy atom. The number of nitrogens with zero attached hydrogens (tertiary/aromatic N) is 1. The van der Waals surface area contributed by atoms with Crippen LogP contribution in [0.4, 0.5) is 5.69 Å². The zero-order valence-electron chi connectivity index (χ0n) is 13.6. The van der Waals surface area contributed by atoms with E-state index in [1.807, 2.05) is 0 Å². The van der Waals surface area contributed by atoms with Crippen molar-refractivity contribution in [2.24, 2.45) is 5.14 Å². The minimum atomic E-state index is -3.78. The van der Waals surface area contributed by atoms with Crippen LogP contribution in [0.25, 0.3) is 0 Å². The van der Waals surface area contributed by atoms with Crippen LogP contribution < -0.4 is 10.5 Å². The minimum absolute atomic E-state index is 0.0266. The second-order valence-corrected chi connectivity index (χ2v) is 7.91. The van der Waals surface area contributed by atoms with E-state index in [1.54, 1.807) is 24.3 Å². The third-order valence-electron chi connectivity index (χ3n) is 4.02. The van der Waals surface area contributed by atoms with Crippen LogP contribution in [0.3, 0.4) is 0 Å². The van der Waals surface area contributed by atoms with Gasteiger partial charge >= 0.3 is 0 Å². The van der Waals surface area contributed by atoms with Crippen LogP contribution in [-0.4, -0.2) is 31.2 Å². The van der Waals surface area contributed by atoms with Gasteiger partial charge in [-0.2, -0.15) is 0 Å². The fourth-order valence-corrected chi connectivity index (χ4v) is 3.32. The van der Waals surface area contributed by atoms with Crippen molar-refractivity contribution in [1.29, 1.82) is 0 Å². The van der Waals surface area contributed by atoms with E-state index in [0.717, 1.165) is 5.56 Å². The highest BCUT2D eigenvalue weighted by atomic mass is 35.5. The molecular weight excluding hydrogens is 378 g/mol. The van der Waals surface area contributed by atoms with E-state index in [1.165, 1.54) is 29.2 Å². The van der Waals surface area contributed by atoms with Gasteiger partial charge in [-0.25, -0.2) is 13.6 Å². The van der Waals surface area contributed by atoms with Crippen molar-refractivity contribution in [2.75, 3.05) is 5.32 Å². The number of nitrogens with one attached hydrogen (secondary N) is 1. The highest BCUT2D eigenvalue weighted by Crippen LogP contribution is 2.22. The Morgan fingerprint density at radius 3 is 2.27 bits per heavy atom. The number of benzene rings is 2. The molecule has 9 heteroatoms. The maximum atomic E-state index is 12.5. The first-order valence-corrected chi connectivity index (χ1v) is 9.64. The summed E-state index contributed by atoms with van der Waals surface area (Å²) >= 11 is 5.84. The summed E-state index contributed by atoms with van der Waals surface area (Å²) in [6, 6.07) is 11.9. The van der Waals surface area contributed by atoms with Crippen LogP contribution in [-0.2, 0) is 26.2 Å². The van der Waals surface area contributed by atoms with Crippen molar-refractivity contribution >= 4 is 39.1 Å². The van der Waals surface area contributed by atoms with E-state index >= 15 is 0 Å². The molecule has 0 radical (unpaired) electrons. The zero-order valence-corrected chi connectivity index (χ0v) is 15.1. The monoisotopic (exact) mass is 393 g/mol. The molecule has 2 amide bonds. The Morgan fingerprint density at radius 1 is 1.08 bits per heavy atom. The number of primary sulfonamides is 1. The lowest BCUT2D eigenvalue weighted by molar-refractivity contribution is -0.139. The van der Waals surface area contributed by atoms with Crippen LogP contribution in [0.2, 0.25) is 5.02 Å². The third-order valence-corrected chi connectivity index (χ3v) is 5.20. The number of rotatable bonds is 5. The van der Waals surface area contributed by atoms with Gasteiger partial charge in [-0.15, -0.1) is 0 Å². The second-order valence-electron chi connectivity index (χ2n) is 5.92. The number of anilines is 1. The molecule has 3 rings (SSSR count). The summed E-state index contributed by atoms with van der Waals surface area (Å²) in [6.45, 7) is 0.178. The van der Waals surface area contributed by atoms with E-state index in [0.29, 0.717) is 10.7 Å². The van der Waals surface area contributed by atoms with E-state index in [4.69, 9.17) is 16.7 Å². The topological polar surface area (TPSA) is 110 Å². The number of carbonyl (C=O) groups excluding carboxylic acids is 2. The Bertz CT molecular complexity index is 943. The van der Waals surface area contributed by atoms with Crippen LogP contribution in [0.1, 0.15) is 12.0 Å². The Balaban J connectivity index is 1.69. The summed E-state index contributed by atoms with van der Waals surface area (Å²) < 4.78 is 22.5. The first-order valence-electron chi connectivity index (χ1n) is 7.72. The van der Waals surface area contributed by atoms with E-state index in [2.05, 4.69) is 5.32 Å². The number of amides is 2. The molecule has 2 aromatic carbocycles. The van der Waals surface area contributed by atoms with Crippen LogP contribution in [0.5, 0.6) is 0 Å². The number of hydrogen-bond acceptors (Lipinski definition) is 5. The van der Waals surface area contributed by atoms with Gasteiger partial charge in [-0.05, 0) is 42.0 Å². The first-order chi connectivity index (χ1) is 12.2. The average Bonchev–Trinajstić information content (AvgIpc) is 2.84. The summed E-state index contributed by atoms with van der Waals surface area (Å²) in [7, 11) is -3.78. The van der Waals surface area contributed by atoms with Gasteiger partial charge in [0.25, 0.3) is 5.91 Å². The van der Waals surface area contributed by atoms with Crippen molar-refractivity contribution < 1.29 is 18.0 Å². The van der Waals surface area contributed by atoms with Gasteiger partial charge in [0.15, 0.2) is 0 Å². The van der Waals surface area contributed by atoms with Gasteiger partial charge in [0, 0.05) is 10.7 Å². The molecule has 136 valence electrons. The molecule has 1 aliphatic rings. The summed E-state index contributed by atoms with van der Waals surface area (Å²) in [4.78, 5) is 25.9. The maximum absolute atomic E-state index is 12.5. The fourth-order valence-electron chi connectivity index (χ4n) is 2.68. The number of sulfonamides is 1. The highest BCUT2D eigenvalue weighted by molar-refractivity contribution is 7.89. The Hall–Kier alpha value is -2.42. The lowest BCUT2D eigenvalue weighted by Gasteiger charge is -2.16. The molecule has 1 aliphatic heterocycles. The van der Waals surface area contributed by atoms with Gasteiger partial charge in [0.05, 0.1) is 17.9 Å². The molecule has 0 saturated carbocycles.